The van der Waals surface area contributed by atoms with Crippen LogP contribution in [0.4, 0.5) is 183 Å². The third-order valence-corrected chi connectivity index (χ3v) is 9.98. The number of rotatable bonds is 23. The summed E-state index contributed by atoms with van der Waals surface area (Å²) < 4.78 is 556. The maximum absolute atomic E-state index is 15.6. The van der Waals surface area contributed by atoms with Crippen molar-refractivity contribution in [3.8, 4) is 0 Å². The zero-order valence-corrected chi connectivity index (χ0v) is 35.5. The number of hydrogen-bond acceptors (Lipinski definition) is 7. The Morgan fingerprint density at radius 2 is 0.658 bits per heavy atom. The fraction of sp³-hybridized carbons (Fsp3) is 0.688. The Balaban J connectivity index is 4.34. The van der Waals surface area contributed by atoms with Crippen LogP contribution in [0.15, 0.2) is 16.1 Å². The van der Waals surface area contributed by atoms with Gasteiger partial charge in [0.2, 0.25) is 12.2 Å². The molecule has 79 heavy (non-hydrogen) atoms. The van der Waals surface area contributed by atoms with Crippen molar-refractivity contribution >= 4 is 35.4 Å². The number of benzene rings is 1. The largest absolute Gasteiger partial charge is 0.460 e. The molecule has 47 heteroatoms. The van der Waals surface area contributed by atoms with Gasteiger partial charge in [-0.15, -0.1) is 0 Å². The van der Waals surface area contributed by atoms with Gasteiger partial charge in [0.25, 0.3) is 5.91 Å². The van der Waals surface area contributed by atoms with Gasteiger partial charge in [0.1, 0.15) is 11.4 Å². The molecule has 0 saturated heterocycles. The fourth-order valence-corrected chi connectivity index (χ4v) is 5.44. The van der Waals surface area contributed by atoms with Crippen LogP contribution in [0, 0.1) is 6.92 Å². The summed E-state index contributed by atoms with van der Waals surface area (Å²) in [6.07, 6.45) is -7.87. The highest BCUT2D eigenvalue weighted by atomic mass is 19.4. The molecule has 0 unspecified atom stereocenters. The van der Waals surface area contributed by atoms with Crippen LogP contribution >= 0.6 is 0 Å². The van der Waals surface area contributed by atoms with Crippen molar-refractivity contribution in [3.05, 3.63) is 22.8 Å². The first-order valence-corrected chi connectivity index (χ1v) is 17.8. The second kappa shape index (κ2) is 19.4. The molecule has 0 radical (unpaired) electrons. The van der Waals surface area contributed by atoms with Crippen LogP contribution in [-0.2, 0) is 25.0 Å². The number of halogens is 39. The van der Waals surface area contributed by atoms with Crippen molar-refractivity contribution in [2.75, 3.05) is 6.73 Å². The Morgan fingerprint density at radius 3 is 0.886 bits per heavy atom. The SMILES string of the molecule is CC(=O)OCNC(=O)c1c(C(F)(F)C(F)(F)C(F)(F)C(F)(F)C(F)(F)C(F)(F)C(F)(F)C(F)(F)C(F)(F)C(F)(F)C(F)(F)C(F)(F)C(F)(F)C(F)(F)C(F)(F)C(F)(F)C(F)(F)C(F)(F)C(F)(F)F)cc(N=C=O)c(N=C=O)c1C. The number of carbonyl (C=O) groups is 2. The van der Waals surface area contributed by atoms with E-state index in [0.29, 0.717) is 13.0 Å². The number of esters is 1. The van der Waals surface area contributed by atoms with Crippen molar-refractivity contribution in [2.45, 2.75) is 127 Å². The number of alkyl halides is 39. The normalized spacial score (nSPS) is 15.6. The van der Waals surface area contributed by atoms with E-state index in [-0.39, 0.29) is 13.0 Å². The average Bonchev–Trinajstić information content (AvgIpc) is 3.25. The number of hydrogen-bond donors (Lipinski definition) is 1. The van der Waals surface area contributed by atoms with Gasteiger partial charge in [-0.05, 0) is 18.6 Å². The maximum Gasteiger partial charge on any atom is 0.460 e. The molecule has 1 aromatic rings. The number of isocyanates is 2. The van der Waals surface area contributed by atoms with Gasteiger partial charge in [0, 0.05) is 12.5 Å². The van der Waals surface area contributed by atoms with Gasteiger partial charge in [-0.25, -0.2) is 9.59 Å². The molecule has 0 aliphatic rings. The molecule has 0 bridgehead atoms. The van der Waals surface area contributed by atoms with E-state index >= 15 is 17.6 Å². The van der Waals surface area contributed by atoms with Crippen molar-refractivity contribution in [2.24, 2.45) is 9.98 Å². The van der Waals surface area contributed by atoms with Crippen LogP contribution in [0.3, 0.4) is 0 Å². The molecule has 0 heterocycles. The molecule has 1 amide bonds. The monoisotopic (exact) mass is 1260 g/mol. The summed E-state index contributed by atoms with van der Waals surface area (Å²) in [5.41, 5.74) is -11.7. The summed E-state index contributed by atoms with van der Waals surface area (Å²) >= 11 is 0. The van der Waals surface area contributed by atoms with Gasteiger partial charge in [-0.1, -0.05) is 0 Å². The molecule has 0 aliphatic carbocycles. The molecule has 0 fully saturated rings. The molecule has 0 saturated carbocycles. The summed E-state index contributed by atoms with van der Waals surface area (Å²) in [5.74, 6) is -185. The molecule has 1 rings (SSSR count). The highest BCUT2D eigenvalue weighted by Gasteiger charge is 3.03. The first-order chi connectivity index (χ1) is 34.1. The zero-order chi connectivity index (χ0) is 64.2. The molecule has 0 atom stereocenters. The van der Waals surface area contributed by atoms with Crippen LogP contribution in [-0.4, -0.2) is 138 Å². The maximum atomic E-state index is 15.6. The molecule has 1 N–H and O–H groups in total. The van der Waals surface area contributed by atoms with E-state index in [1.54, 1.807) is 0 Å². The van der Waals surface area contributed by atoms with Crippen molar-refractivity contribution in [3.63, 3.8) is 0 Å². The Bertz CT molecular complexity index is 2610. The van der Waals surface area contributed by atoms with E-state index in [2.05, 4.69) is 14.7 Å². The van der Waals surface area contributed by atoms with Crippen molar-refractivity contribution < 1.29 is 195 Å². The molecule has 0 aromatic heterocycles. The summed E-state index contributed by atoms with van der Waals surface area (Å²) in [5, 5.41) is 1.05. The van der Waals surface area contributed by atoms with E-state index in [1.165, 1.54) is 0 Å². The van der Waals surface area contributed by atoms with Gasteiger partial charge in [-0.2, -0.15) is 181 Å². The van der Waals surface area contributed by atoms with Crippen molar-refractivity contribution in [1.82, 2.24) is 5.32 Å². The quantitative estimate of drug-likeness (QED) is 0.0385. The number of ether oxygens (including phenoxy) is 1. The van der Waals surface area contributed by atoms with Crippen LogP contribution in [0.5, 0.6) is 0 Å². The number of carbonyl (C=O) groups excluding carboxylic acids is 4. The van der Waals surface area contributed by atoms with E-state index in [4.69, 9.17) is 0 Å². The number of aliphatic imine (C=N–C) groups is 2. The Morgan fingerprint density at radius 1 is 0.418 bits per heavy atom. The van der Waals surface area contributed by atoms with Gasteiger partial charge >= 0.3 is 119 Å². The number of amides is 1. The van der Waals surface area contributed by atoms with E-state index < -0.39 is 166 Å². The molecule has 1 aromatic carbocycles. The van der Waals surface area contributed by atoms with Crippen LogP contribution < -0.4 is 5.32 Å². The average molecular weight is 1260 g/mol. The molecule has 8 nitrogen and oxygen atoms in total. The lowest BCUT2D eigenvalue weighted by Crippen LogP contribution is -2.80. The lowest BCUT2D eigenvalue weighted by molar-refractivity contribution is -0.495. The highest BCUT2D eigenvalue weighted by Crippen LogP contribution is 2.71. The Kier molecular flexibility index (Phi) is 17.5. The highest BCUT2D eigenvalue weighted by molar-refractivity contribution is 6.00. The Labute approximate surface area is 402 Å². The molecule has 0 spiro atoms. The van der Waals surface area contributed by atoms with Gasteiger partial charge < -0.3 is 10.1 Å². The first-order valence-electron chi connectivity index (χ1n) is 17.8. The minimum Gasteiger partial charge on any atom is -0.445 e. The Hall–Kier alpha value is -5.81. The summed E-state index contributed by atoms with van der Waals surface area (Å²) in [4.78, 5) is 50.1. The van der Waals surface area contributed by atoms with Gasteiger partial charge in [0.05, 0.1) is 5.56 Å². The van der Waals surface area contributed by atoms with Crippen LogP contribution in [0.1, 0.15) is 28.4 Å². The zero-order valence-electron chi connectivity index (χ0n) is 35.5. The second-order valence-corrected chi connectivity index (χ2v) is 14.8. The summed E-state index contributed by atoms with van der Waals surface area (Å²) in [6.45, 7) is -1.32. The third kappa shape index (κ3) is 9.05. The lowest BCUT2D eigenvalue weighted by Gasteiger charge is -2.47. The minimum atomic E-state index is -10.7. The van der Waals surface area contributed by atoms with E-state index in [1.807, 2.05) is 0 Å². The first kappa shape index (κ1) is 71.2. The van der Waals surface area contributed by atoms with Crippen molar-refractivity contribution in [1.29, 1.82) is 0 Å². The van der Waals surface area contributed by atoms with E-state index in [0.717, 1.165) is 5.32 Å². The molecule has 456 valence electrons. The fourth-order valence-electron chi connectivity index (χ4n) is 5.44. The smallest absolute Gasteiger partial charge is 0.445 e. The van der Waals surface area contributed by atoms with Gasteiger partial charge in [0.15, 0.2) is 6.73 Å². The third-order valence-electron chi connectivity index (χ3n) is 9.98. The standard InChI is InChI=1S/C32H10F39N3O5/c1-7-11(13(78)74-6-79-8(2)77)9(3-10(72-4-75)12(7)73-5-76)14(33,34)15(35,36)16(37,38)17(39,40)18(41,42)19(43,44)20(45,46)21(47,48)22(49,50)23(51,52)24(53,54)25(55,56)26(57,58)27(59,60)28(61,62)29(63,64)30(65,66)31(67,68)32(69,70)71/h3H,6H2,1-2H3,(H,74,78). The predicted molar refractivity (Wildman–Crippen MR) is 165 cm³/mol. The molecular weight excluding hydrogens is 1250 g/mol. The number of nitrogens with one attached hydrogen (secondary N) is 1. The lowest BCUT2D eigenvalue weighted by atomic mass is 9.81. The second-order valence-electron chi connectivity index (χ2n) is 14.8. The van der Waals surface area contributed by atoms with Crippen LogP contribution in [0.25, 0.3) is 0 Å². The van der Waals surface area contributed by atoms with E-state index in [9.17, 15) is 173 Å². The predicted octanol–water partition coefficient (Wildman–Crippen LogP) is 13.6. The van der Waals surface area contributed by atoms with Gasteiger partial charge in [-0.3, -0.25) is 9.59 Å². The minimum absolute atomic E-state index is 0.0131. The topological polar surface area (TPSA) is 114 Å². The number of nitrogens with zero attached hydrogens (tertiary/aromatic N) is 2. The van der Waals surface area contributed by atoms with Crippen LogP contribution in [0.2, 0.25) is 0 Å². The summed E-state index contributed by atoms with van der Waals surface area (Å²) in [7, 11) is 0. The molecular formula is C32H10F39N3O5. The summed E-state index contributed by atoms with van der Waals surface area (Å²) in [6, 6.07) is -1.20. The molecule has 0 aliphatic heterocycles.